The molecule has 13 nitrogen and oxygen atoms in total. The number of aliphatic carboxylic acids is 1. The highest BCUT2D eigenvalue weighted by Gasteiger charge is 2.41. The molecule has 39 heavy (non-hydrogen) atoms. The summed E-state index contributed by atoms with van der Waals surface area (Å²) in [6.07, 6.45) is 2.05. The standard InChI is InChI=1S/C26H42N4O9/c1-17(31)27-22-20(28-24(34)39-26(2,3)4)14-18(23(32)33)15-21(22)30-7-5-6-19(16-30)37-12-13-38-25(35)29-8-10-36-11-9-29/h15,19-22H,5-14,16H2,1-4H3,(H,27,31)(H,28,34)(H,32,33)/t19-,20-,21+,22+/m0/s1. The zero-order valence-electron chi connectivity index (χ0n) is 23.3. The van der Waals surface area contributed by atoms with Crippen LogP contribution in [0.3, 0.4) is 0 Å². The minimum Gasteiger partial charge on any atom is -0.478 e. The Kier molecular flexibility index (Phi) is 11.0. The van der Waals surface area contributed by atoms with Crippen molar-refractivity contribution in [3.63, 3.8) is 0 Å². The van der Waals surface area contributed by atoms with Gasteiger partial charge in [-0.3, -0.25) is 9.69 Å². The van der Waals surface area contributed by atoms with Crippen LogP contribution in [-0.2, 0) is 28.5 Å². The number of nitrogens with zero attached hydrogens (tertiary/aromatic N) is 2. The van der Waals surface area contributed by atoms with Crippen molar-refractivity contribution in [1.29, 1.82) is 0 Å². The number of hydrogen-bond acceptors (Lipinski definition) is 9. The number of carboxylic acids is 1. The molecule has 13 heteroatoms. The fourth-order valence-corrected chi connectivity index (χ4v) is 5.05. The van der Waals surface area contributed by atoms with Crippen molar-refractivity contribution in [3.05, 3.63) is 11.6 Å². The molecule has 0 aromatic carbocycles. The van der Waals surface area contributed by atoms with Crippen LogP contribution in [0.25, 0.3) is 0 Å². The van der Waals surface area contributed by atoms with Crippen LogP contribution in [0.5, 0.6) is 0 Å². The molecular weight excluding hydrogens is 512 g/mol. The molecule has 0 aromatic rings. The van der Waals surface area contributed by atoms with Gasteiger partial charge in [0.2, 0.25) is 5.91 Å². The number of alkyl carbamates (subject to hydrolysis) is 1. The lowest BCUT2D eigenvalue weighted by molar-refractivity contribution is -0.133. The van der Waals surface area contributed by atoms with Gasteiger partial charge in [-0.15, -0.1) is 0 Å². The first-order chi connectivity index (χ1) is 18.4. The molecule has 3 N–H and O–H groups in total. The van der Waals surface area contributed by atoms with Crippen LogP contribution in [0, 0.1) is 0 Å². The maximum atomic E-state index is 12.6. The lowest BCUT2D eigenvalue weighted by Gasteiger charge is -2.45. The van der Waals surface area contributed by atoms with Crippen LogP contribution in [0.15, 0.2) is 11.6 Å². The average molecular weight is 555 g/mol. The van der Waals surface area contributed by atoms with Gasteiger partial charge in [0.25, 0.3) is 0 Å². The molecule has 220 valence electrons. The van der Waals surface area contributed by atoms with E-state index in [-0.39, 0.29) is 43.3 Å². The van der Waals surface area contributed by atoms with E-state index in [0.29, 0.717) is 39.4 Å². The van der Waals surface area contributed by atoms with Crippen molar-refractivity contribution >= 4 is 24.1 Å². The Bertz CT molecular complexity index is 914. The zero-order valence-corrected chi connectivity index (χ0v) is 23.3. The van der Waals surface area contributed by atoms with E-state index in [1.54, 1.807) is 31.7 Å². The molecule has 2 aliphatic heterocycles. The Balaban J connectivity index is 1.64. The molecule has 2 heterocycles. The molecule has 2 saturated heterocycles. The second kappa shape index (κ2) is 13.9. The molecule has 0 radical (unpaired) electrons. The number of carboxylic acid groups (broad SMARTS) is 1. The smallest absolute Gasteiger partial charge is 0.409 e. The van der Waals surface area contributed by atoms with Crippen molar-refractivity contribution in [1.82, 2.24) is 20.4 Å². The molecular formula is C26H42N4O9. The molecule has 0 aromatic heterocycles. The predicted molar refractivity (Wildman–Crippen MR) is 139 cm³/mol. The van der Waals surface area contributed by atoms with E-state index >= 15 is 0 Å². The number of carbonyl (C=O) groups is 4. The lowest BCUT2D eigenvalue weighted by atomic mass is 9.84. The number of amides is 3. The van der Waals surface area contributed by atoms with E-state index in [0.717, 1.165) is 12.8 Å². The number of rotatable bonds is 8. The molecule has 0 saturated carbocycles. The van der Waals surface area contributed by atoms with Gasteiger partial charge in [-0.25, -0.2) is 14.4 Å². The van der Waals surface area contributed by atoms with Crippen molar-refractivity contribution < 1.29 is 43.2 Å². The summed E-state index contributed by atoms with van der Waals surface area (Å²) < 4.78 is 22.0. The molecule has 4 atom stereocenters. The number of ether oxygens (including phenoxy) is 4. The lowest BCUT2D eigenvalue weighted by Crippen LogP contribution is -2.64. The molecule has 2 fully saturated rings. The monoisotopic (exact) mass is 554 g/mol. The van der Waals surface area contributed by atoms with E-state index in [1.165, 1.54) is 6.92 Å². The second-order valence-corrected chi connectivity index (χ2v) is 11.0. The Hall–Kier alpha value is -2.90. The van der Waals surface area contributed by atoms with Crippen molar-refractivity contribution in [2.24, 2.45) is 0 Å². The Morgan fingerprint density at radius 2 is 1.82 bits per heavy atom. The first-order valence-corrected chi connectivity index (χ1v) is 13.5. The van der Waals surface area contributed by atoms with Crippen LogP contribution in [0.1, 0.15) is 47.0 Å². The summed E-state index contributed by atoms with van der Waals surface area (Å²) >= 11 is 0. The normalized spacial score (nSPS) is 26.3. The maximum Gasteiger partial charge on any atom is 0.409 e. The van der Waals surface area contributed by atoms with E-state index in [1.807, 2.05) is 0 Å². The fraction of sp³-hybridized carbons (Fsp3) is 0.769. The zero-order chi connectivity index (χ0) is 28.6. The largest absolute Gasteiger partial charge is 0.478 e. The van der Waals surface area contributed by atoms with Crippen molar-refractivity contribution in [2.75, 3.05) is 52.6 Å². The highest BCUT2D eigenvalue weighted by atomic mass is 16.6. The highest BCUT2D eigenvalue weighted by Crippen LogP contribution is 2.27. The van der Waals surface area contributed by atoms with Crippen molar-refractivity contribution in [2.45, 2.75) is 76.8 Å². The first kappa shape index (κ1) is 30.6. The number of piperidine rings is 1. The fourth-order valence-electron chi connectivity index (χ4n) is 5.05. The molecule has 3 amide bonds. The summed E-state index contributed by atoms with van der Waals surface area (Å²) in [5, 5.41) is 15.5. The van der Waals surface area contributed by atoms with Gasteiger partial charge in [0.15, 0.2) is 0 Å². The molecule has 0 bridgehead atoms. The highest BCUT2D eigenvalue weighted by molar-refractivity contribution is 5.87. The van der Waals surface area contributed by atoms with Gasteiger partial charge in [-0.2, -0.15) is 0 Å². The minimum absolute atomic E-state index is 0.0400. The molecule has 3 rings (SSSR count). The number of likely N-dealkylation sites (tertiary alicyclic amines) is 1. The summed E-state index contributed by atoms with van der Waals surface area (Å²) in [6.45, 7) is 10.1. The summed E-state index contributed by atoms with van der Waals surface area (Å²) in [5.41, 5.74) is -0.582. The number of morpholine rings is 1. The number of carbonyl (C=O) groups excluding carboxylic acids is 3. The van der Waals surface area contributed by atoms with Crippen LogP contribution in [0.2, 0.25) is 0 Å². The quantitative estimate of drug-likeness (QED) is 0.372. The Morgan fingerprint density at radius 1 is 1.10 bits per heavy atom. The van der Waals surface area contributed by atoms with Gasteiger partial charge in [0, 0.05) is 38.6 Å². The van der Waals surface area contributed by atoms with Gasteiger partial charge < -0.3 is 39.6 Å². The number of hydrogen-bond donors (Lipinski definition) is 3. The minimum atomic E-state index is -1.08. The summed E-state index contributed by atoms with van der Waals surface area (Å²) in [6, 6.07) is -1.75. The second-order valence-electron chi connectivity index (χ2n) is 11.0. The third-order valence-corrected chi connectivity index (χ3v) is 6.72. The molecule has 3 aliphatic rings. The summed E-state index contributed by atoms with van der Waals surface area (Å²) in [7, 11) is 0. The van der Waals surface area contributed by atoms with Crippen molar-refractivity contribution in [3.8, 4) is 0 Å². The van der Waals surface area contributed by atoms with Crippen LogP contribution >= 0.6 is 0 Å². The molecule has 0 spiro atoms. The SMILES string of the molecule is CC(=O)N[C@@H]1[C@@H](NC(=O)OC(C)(C)C)CC(C(=O)O)=C[C@H]1N1CCC[C@H](OCCOC(=O)N2CCOCC2)C1. The summed E-state index contributed by atoms with van der Waals surface area (Å²) in [5.74, 6) is -1.37. The molecule has 1 aliphatic carbocycles. The topological polar surface area (TPSA) is 156 Å². The Morgan fingerprint density at radius 3 is 2.46 bits per heavy atom. The van der Waals surface area contributed by atoms with Crippen LogP contribution in [0.4, 0.5) is 9.59 Å². The van der Waals surface area contributed by atoms with E-state index in [9.17, 15) is 24.3 Å². The van der Waals surface area contributed by atoms with Crippen LogP contribution in [-0.4, -0.2) is 121 Å². The predicted octanol–water partition coefficient (Wildman–Crippen LogP) is 1.12. The molecule has 0 unspecified atom stereocenters. The van der Waals surface area contributed by atoms with Gasteiger partial charge in [-0.1, -0.05) is 6.08 Å². The van der Waals surface area contributed by atoms with E-state index in [4.69, 9.17) is 18.9 Å². The third-order valence-electron chi connectivity index (χ3n) is 6.72. The first-order valence-electron chi connectivity index (χ1n) is 13.5. The number of nitrogens with one attached hydrogen (secondary N) is 2. The average Bonchev–Trinajstić information content (AvgIpc) is 2.86. The third kappa shape index (κ3) is 9.66. The maximum absolute atomic E-state index is 12.6. The Labute approximate surface area is 229 Å². The van der Waals surface area contributed by atoms with E-state index in [2.05, 4.69) is 15.5 Å². The van der Waals surface area contributed by atoms with Crippen LogP contribution < -0.4 is 10.6 Å². The summed E-state index contributed by atoms with van der Waals surface area (Å²) in [4.78, 5) is 52.5. The van der Waals surface area contributed by atoms with Gasteiger partial charge in [0.1, 0.15) is 12.2 Å². The van der Waals surface area contributed by atoms with Gasteiger partial charge in [-0.05, 0) is 40.2 Å². The van der Waals surface area contributed by atoms with E-state index < -0.39 is 35.8 Å². The van der Waals surface area contributed by atoms with Gasteiger partial charge >= 0.3 is 18.2 Å². The van der Waals surface area contributed by atoms with Gasteiger partial charge in [0.05, 0.1) is 44.1 Å².